The van der Waals surface area contributed by atoms with Gasteiger partial charge >= 0.3 is 0 Å². The molecule has 5 rings (SSSR count). The largest absolute Gasteiger partial charge is 0.486 e. The minimum absolute atomic E-state index is 0.0132. The Morgan fingerprint density at radius 1 is 1.17 bits per heavy atom. The Labute approximate surface area is 173 Å². The van der Waals surface area contributed by atoms with Gasteiger partial charge in [-0.25, -0.2) is 0 Å². The van der Waals surface area contributed by atoms with Gasteiger partial charge in [0, 0.05) is 36.6 Å². The third-order valence-electron chi connectivity index (χ3n) is 5.39. The zero-order chi connectivity index (χ0) is 20.3. The van der Waals surface area contributed by atoms with Crippen molar-refractivity contribution in [1.82, 2.24) is 30.1 Å². The van der Waals surface area contributed by atoms with Crippen molar-refractivity contribution in [3.8, 4) is 22.9 Å². The van der Waals surface area contributed by atoms with Crippen LogP contribution in [-0.4, -0.2) is 62.3 Å². The SMILES string of the molecule is O=C(c1ccc2c(c1)OCCO2)N1CCC[C@H](Cn2nnc(-c3cccnc3)n2)C1. The minimum atomic E-state index is 0.0132. The number of hydrogen-bond donors (Lipinski definition) is 0. The number of pyridine rings is 1. The van der Waals surface area contributed by atoms with Crippen molar-refractivity contribution in [1.29, 1.82) is 0 Å². The molecule has 2 aliphatic heterocycles. The lowest BCUT2D eigenvalue weighted by atomic mass is 9.97. The van der Waals surface area contributed by atoms with Crippen LogP contribution in [0.1, 0.15) is 23.2 Å². The molecule has 0 spiro atoms. The fourth-order valence-electron chi connectivity index (χ4n) is 3.92. The highest BCUT2D eigenvalue weighted by Crippen LogP contribution is 2.31. The first-order chi connectivity index (χ1) is 14.8. The van der Waals surface area contributed by atoms with Gasteiger partial charge in [-0.1, -0.05) is 0 Å². The fourth-order valence-corrected chi connectivity index (χ4v) is 3.92. The molecular weight excluding hydrogens is 384 g/mol. The van der Waals surface area contributed by atoms with Gasteiger partial charge in [0.05, 0.1) is 6.54 Å². The number of carbonyl (C=O) groups excluding carboxylic acids is 1. The van der Waals surface area contributed by atoms with Gasteiger partial charge in [0.15, 0.2) is 11.5 Å². The van der Waals surface area contributed by atoms with Gasteiger partial charge in [-0.15, -0.1) is 10.2 Å². The molecule has 30 heavy (non-hydrogen) atoms. The zero-order valence-corrected chi connectivity index (χ0v) is 16.5. The van der Waals surface area contributed by atoms with E-state index in [4.69, 9.17) is 9.47 Å². The van der Waals surface area contributed by atoms with Gasteiger partial charge in [-0.05, 0) is 54.3 Å². The number of amides is 1. The summed E-state index contributed by atoms with van der Waals surface area (Å²) < 4.78 is 11.2. The van der Waals surface area contributed by atoms with Crippen molar-refractivity contribution in [2.45, 2.75) is 19.4 Å². The number of fused-ring (bicyclic) bond motifs is 1. The van der Waals surface area contributed by atoms with Crippen LogP contribution in [0, 0.1) is 5.92 Å². The van der Waals surface area contributed by atoms with Gasteiger partial charge in [-0.2, -0.15) is 4.80 Å². The Hall–Kier alpha value is -3.49. The highest BCUT2D eigenvalue weighted by atomic mass is 16.6. The summed E-state index contributed by atoms with van der Waals surface area (Å²) in [6.45, 7) is 3.07. The van der Waals surface area contributed by atoms with Crippen LogP contribution in [0.3, 0.4) is 0 Å². The summed E-state index contributed by atoms with van der Waals surface area (Å²) in [6.07, 6.45) is 5.40. The number of piperidine rings is 1. The Kier molecular flexibility index (Phi) is 5.00. The maximum absolute atomic E-state index is 13.0. The zero-order valence-electron chi connectivity index (χ0n) is 16.5. The summed E-state index contributed by atoms with van der Waals surface area (Å²) in [5.74, 6) is 2.17. The minimum Gasteiger partial charge on any atom is -0.486 e. The highest BCUT2D eigenvalue weighted by molar-refractivity contribution is 5.95. The fraction of sp³-hybridized carbons (Fsp3) is 0.381. The van der Waals surface area contributed by atoms with Crippen LogP contribution < -0.4 is 9.47 Å². The molecule has 1 amide bonds. The van der Waals surface area contributed by atoms with Gasteiger partial charge < -0.3 is 14.4 Å². The molecule has 2 aromatic heterocycles. The molecule has 2 aliphatic rings. The van der Waals surface area contributed by atoms with Crippen LogP contribution in [0.25, 0.3) is 11.4 Å². The van der Waals surface area contributed by atoms with Crippen LogP contribution in [0.2, 0.25) is 0 Å². The van der Waals surface area contributed by atoms with Crippen LogP contribution in [0.15, 0.2) is 42.7 Å². The summed E-state index contributed by atoms with van der Waals surface area (Å²) in [5.41, 5.74) is 1.46. The van der Waals surface area contributed by atoms with E-state index < -0.39 is 0 Å². The smallest absolute Gasteiger partial charge is 0.254 e. The van der Waals surface area contributed by atoms with E-state index in [1.54, 1.807) is 29.3 Å². The quantitative estimate of drug-likeness (QED) is 0.654. The standard InChI is InChI=1S/C21H22N6O3/c28-21(16-5-6-18-19(11-16)30-10-9-29-18)26-8-2-3-15(13-26)14-27-24-20(23-25-27)17-4-1-7-22-12-17/h1,4-7,11-12,15H,2-3,8-10,13-14H2/t15-/m0/s1. The molecule has 0 aliphatic carbocycles. The Morgan fingerprint density at radius 3 is 2.93 bits per heavy atom. The summed E-state index contributed by atoms with van der Waals surface area (Å²) in [7, 11) is 0. The van der Waals surface area contributed by atoms with E-state index in [1.807, 2.05) is 23.1 Å². The van der Waals surface area contributed by atoms with Crippen molar-refractivity contribution >= 4 is 5.91 Å². The van der Waals surface area contributed by atoms with Crippen molar-refractivity contribution in [2.24, 2.45) is 5.92 Å². The van der Waals surface area contributed by atoms with E-state index in [9.17, 15) is 4.79 Å². The van der Waals surface area contributed by atoms with Crippen molar-refractivity contribution < 1.29 is 14.3 Å². The molecule has 0 bridgehead atoms. The second-order valence-electron chi connectivity index (χ2n) is 7.53. The summed E-state index contributed by atoms with van der Waals surface area (Å²) in [5, 5.41) is 12.8. The number of hydrogen-bond acceptors (Lipinski definition) is 7. The van der Waals surface area contributed by atoms with Crippen LogP contribution >= 0.6 is 0 Å². The van der Waals surface area contributed by atoms with E-state index in [2.05, 4.69) is 20.4 Å². The molecule has 154 valence electrons. The molecule has 0 radical (unpaired) electrons. The molecule has 1 fully saturated rings. The third-order valence-corrected chi connectivity index (χ3v) is 5.39. The molecule has 1 saturated heterocycles. The van der Waals surface area contributed by atoms with E-state index in [1.165, 1.54) is 0 Å². The Morgan fingerprint density at radius 2 is 2.07 bits per heavy atom. The molecule has 9 heteroatoms. The molecule has 0 N–H and O–H groups in total. The second kappa shape index (κ2) is 8.10. The van der Waals surface area contributed by atoms with E-state index in [0.29, 0.717) is 49.2 Å². The molecule has 1 aromatic carbocycles. The van der Waals surface area contributed by atoms with Crippen LogP contribution in [-0.2, 0) is 6.54 Å². The predicted octanol–water partition coefficient (Wildman–Crippen LogP) is 2.06. The van der Waals surface area contributed by atoms with E-state index in [0.717, 1.165) is 24.9 Å². The number of carbonyl (C=O) groups is 1. The topological polar surface area (TPSA) is 95.3 Å². The lowest BCUT2D eigenvalue weighted by molar-refractivity contribution is 0.0655. The normalized spacial score (nSPS) is 18.3. The maximum Gasteiger partial charge on any atom is 0.254 e. The number of rotatable bonds is 4. The first-order valence-electron chi connectivity index (χ1n) is 10.1. The molecule has 4 heterocycles. The van der Waals surface area contributed by atoms with Crippen LogP contribution in [0.4, 0.5) is 0 Å². The molecular formula is C21H22N6O3. The van der Waals surface area contributed by atoms with Crippen molar-refractivity contribution in [3.63, 3.8) is 0 Å². The number of tetrazole rings is 1. The average Bonchev–Trinajstić information content (AvgIpc) is 3.27. The second-order valence-corrected chi connectivity index (χ2v) is 7.53. The number of ether oxygens (including phenoxy) is 2. The molecule has 0 unspecified atom stereocenters. The third kappa shape index (κ3) is 3.83. The lowest BCUT2D eigenvalue weighted by Crippen LogP contribution is -2.41. The van der Waals surface area contributed by atoms with E-state index in [-0.39, 0.29) is 11.8 Å². The highest BCUT2D eigenvalue weighted by Gasteiger charge is 2.26. The Bertz CT molecular complexity index is 1040. The average molecular weight is 406 g/mol. The van der Waals surface area contributed by atoms with Gasteiger partial charge in [0.2, 0.25) is 5.82 Å². The Balaban J connectivity index is 1.25. The summed E-state index contributed by atoms with van der Waals surface area (Å²) >= 11 is 0. The summed E-state index contributed by atoms with van der Waals surface area (Å²) in [4.78, 5) is 20.7. The number of likely N-dealkylation sites (tertiary alicyclic amines) is 1. The predicted molar refractivity (Wildman–Crippen MR) is 107 cm³/mol. The number of nitrogens with zero attached hydrogens (tertiary/aromatic N) is 6. The summed E-state index contributed by atoms with van der Waals surface area (Å²) in [6, 6.07) is 9.14. The van der Waals surface area contributed by atoms with Gasteiger partial charge in [-0.3, -0.25) is 9.78 Å². The monoisotopic (exact) mass is 406 g/mol. The van der Waals surface area contributed by atoms with Gasteiger partial charge in [0.1, 0.15) is 13.2 Å². The molecule has 1 atom stereocenters. The lowest BCUT2D eigenvalue weighted by Gasteiger charge is -2.32. The molecule has 3 aromatic rings. The number of aromatic nitrogens is 5. The molecule has 0 saturated carbocycles. The molecule has 9 nitrogen and oxygen atoms in total. The maximum atomic E-state index is 13.0. The van der Waals surface area contributed by atoms with Gasteiger partial charge in [0.25, 0.3) is 5.91 Å². The first-order valence-corrected chi connectivity index (χ1v) is 10.1. The number of benzene rings is 1. The van der Waals surface area contributed by atoms with E-state index >= 15 is 0 Å². The van der Waals surface area contributed by atoms with Crippen LogP contribution in [0.5, 0.6) is 11.5 Å². The van der Waals surface area contributed by atoms with Crippen molar-refractivity contribution in [2.75, 3.05) is 26.3 Å². The first kappa shape index (κ1) is 18.5. The van der Waals surface area contributed by atoms with Crippen molar-refractivity contribution in [3.05, 3.63) is 48.3 Å².